The van der Waals surface area contributed by atoms with E-state index in [1.54, 1.807) is 0 Å². The molecule has 0 spiro atoms. The molecule has 0 atom stereocenters. The van der Waals surface area contributed by atoms with Crippen LogP contribution in [0.25, 0.3) is 10.9 Å². The molecule has 0 saturated heterocycles. The van der Waals surface area contributed by atoms with Crippen LogP contribution in [-0.4, -0.2) is 4.57 Å². The summed E-state index contributed by atoms with van der Waals surface area (Å²) in [5, 5.41) is 1.27. The molecule has 3 rings (SSSR count). The number of aromatic nitrogens is 1. The molecule has 2 heteroatoms. The van der Waals surface area contributed by atoms with Gasteiger partial charge in [0.1, 0.15) is 0 Å². The van der Waals surface area contributed by atoms with Crippen LogP contribution in [0.1, 0.15) is 11.1 Å². The monoisotopic (exact) mass is 299 g/mol. The number of fused-ring (bicyclic) bond motifs is 1. The lowest BCUT2D eigenvalue weighted by Crippen LogP contribution is -1.99. The molecule has 1 aromatic heterocycles. The first-order chi connectivity index (χ1) is 8.75. The smallest absolute Gasteiger partial charge is 0.0494 e. The second-order valence-electron chi connectivity index (χ2n) is 4.54. The Morgan fingerprint density at radius 1 is 1.00 bits per heavy atom. The maximum Gasteiger partial charge on any atom is 0.0494 e. The minimum Gasteiger partial charge on any atom is -0.343 e. The third-order valence-corrected chi connectivity index (χ3v) is 4.05. The van der Waals surface area contributed by atoms with E-state index in [2.05, 4.69) is 82.1 Å². The van der Waals surface area contributed by atoms with Crippen molar-refractivity contribution in [2.24, 2.45) is 0 Å². The quantitative estimate of drug-likeness (QED) is 0.643. The van der Waals surface area contributed by atoms with E-state index in [4.69, 9.17) is 0 Å². The van der Waals surface area contributed by atoms with Gasteiger partial charge in [-0.05, 0) is 36.2 Å². The molecule has 3 aromatic rings. The van der Waals surface area contributed by atoms with Crippen LogP contribution in [0.4, 0.5) is 0 Å². The molecule has 0 bridgehead atoms. The largest absolute Gasteiger partial charge is 0.343 e. The highest BCUT2D eigenvalue weighted by Gasteiger charge is 2.05. The zero-order valence-electron chi connectivity index (χ0n) is 10.2. The molecule has 2 aromatic carbocycles. The predicted octanol–water partition coefficient (Wildman–Crippen LogP) is 4.76. The zero-order valence-corrected chi connectivity index (χ0v) is 11.8. The summed E-state index contributed by atoms with van der Waals surface area (Å²) in [5.41, 5.74) is 3.98. The highest BCUT2D eigenvalue weighted by molar-refractivity contribution is 9.10. The summed E-state index contributed by atoms with van der Waals surface area (Å²) < 4.78 is 3.45. The number of aryl methyl sites for hydroxylation is 1. The third-order valence-electron chi connectivity index (χ3n) is 3.36. The van der Waals surface area contributed by atoms with Crippen molar-refractivity contribution in [2.45, 2.75) is 13.5 Å². The van der Waals surface area contributed by atoms with Gasteiger partial charge in [-0.25, -0.2) is 0 Å². The third kappa shape index (κ3) is 1.97. The standard InChI is InChI=1S/C16H14BrN/c1-12-5-2-3-6-13(12)11-18-10-9-14-15(17)7-4-8-16(14)18/h2-10H,11H2,1H3. The van der Waals surface area contributed by atoms with Gasteiger partial charge in [0.05, 0.1) is 0 Å². The van der Waals surface area contributed by atoms with Crippen LogP contribution in [0.15, 0.2) is 59.2 Å². The summed E-state index contributed by atoms with van der Waals surface area (Å²) in [6, 6.07) is 17.0. The summed E-state index contributed by atoms with van der Waals surface area (Å²) >= 11 is 3.60. The van der Waals surface area contributed by atoms with E-state index in [1.165, 1.54) is 22.0 Å². The van der Waals surface area contributed by atoms with Crippen molar-refractivity contribution in [1.29, 1.82) is 0 Å². The lowest BCUT2D eigenvalue weighted by molar-refractivity contribution is 0.830. The molecular formula is C16H14BrN. The first kappa shape index (κ1) is 11.5. The lowest BCUT2D eigenvalue weighted by atomic mass is 10.1. The number of nitrogens with zero attached hydrogens (tertiary/aromatic N) is 1. The molecule has 0 radical (unpaired) electrons. The average Bonchev–Trinajstić information content (AvgIpc) is 2.77. The molecule has 18 heavy (non-hydrogen) atoms. The van der Waals surface area contributed by atoms with Gasteiger partial charge in [0.2, 0.25) is 0 Å². The summed E-state index contributed by atoms with van der Waals surface area (Å²) in [5.74, 6) is 0. The van der Waals surface area contributed by atoms with Gasteiger partial charge >= 0.3 is 0 Å². The predicted molar refractivity (Wildman–Crippen MR) is 79.9 cm³/mol. The van der Waals surface area contributed by atoms with Crippen molar-refractivity contribution < 1.29 is 0 Å². The summed E-state index contributed by atoms with van der Waals surface area (Å²) in [7, 11) is 0. The first-order valence-electron chi connectivity index (χ1n) is 6.03. The van der Waals surface area contributed by atoms with Crippen LogP contribution in [0, 0.1) is 6.92 Å². The molecule has 0 fully saturated rings. The molecule has 1 nitrogen and oxygen atoms in total. The van der Waals surface area contributed by atoms with Gasteiger partial charge < -0.3 is 4.57 Å². The fourth-order valence-corrected chi connectivity index (χ4v) is 2.78. The van der Waals surface area contributed by atoms with Crippen LogP contribution in [0.3, 0.4) is 0 Å². The minimum atomic E-state index is 0.923. The summed E-state index contributed by atoms with van der Waals surface area (Å²) in [6.45, 7) is 3.09. The summed E-state index contributed by atoms with van der Waals surface area (Å²) in [4.78, 5) is 0. The van der Waals surface area contributed by atoms with Crippen molar-refractivity contribution in [3.05, 3.63) is 70.3 Å². The SMILES string of the molecule is Cc1ccccc1Cn1ccc2c(Br)cccc21. The van der Waals surface area contributed by atoms with Gasteiger partial charge in [-0.2, -0.15) is 0 Å². The van der Waals surface area contributed by atoms with Gasteiger partial charge in [0.15, 0.2) is 0 Å². The van der Waals surface area contributed by atoms with Crippen LogP contribution >= 0.6 is 15.9 Å². The molecule has 0 aliphatic heterocycles. The molecule has 0 unspecified atom stereocenters. The van der Waals surface area contributed by atoms with E-state index < -0.39 is 0 Å². The van der Waals surface area contributed by atoms with Crippen LogP contribution in [0.2, 0.25) is 0 Å². The van der Waals surface area contributed by atoms with Crippen LogP contribution < -0.4 is 0 Å². The lowest BCUT2D eigenvalue weighted by Gasteiger charge is -2.08. The number of hydrogen-bond donors (Lipinski definition) is 0. The van der Waals surface area contributed by atoms with E-state index in [0.29, 0.717) is 0 Å². The number of hydrogen-bond acceptors (Lipinski definition) is 0. The Bertz CT molecular complexity index is 697. The fraction of sp³-hybridized carbons (Fsp3) is 0.125. The van der Waals surface area contributed by atoms with Crippen molar-refractivity contribution in [3.8, 4) is 0 Å². The highest BCUT2D eigenvalue weighted by atomic mass is 79.9. The van der Waals surface area contributed by atoms with Crippen molar-refractivity contribution in [2.75, 3.05) is 0 Å². The van der Waals surface area contributed by atoms with Gasteiger partial charge in [-0.3, -0.25) is 0 Å². The minimum absolute atomic E-state index is 0.923. The Morgan fingerprint density at radius 2 is 1.83 bits per heavy atom. The second kappa shape index (κ2) is 4.62. The Balaban J connectivity index is 2.06. The summed E-state index contributed by atoms with van der Waals surface area (Å²) in [6.07, 6.45) is 2.15. The Hall–Kier alpha value is -1.54. The molecule has 0 aliphatic carbocycles. The molecule has 0 saturated carbocycles. The average molecular weight is 300 g/mol. The van der Waals surface area contributed by atoms with Crippen LogP contribution in [0.5, 0.6) is 0 Å². The van der Waals surface area contributed by atoms with Gasteiger partial charge in [0.25, 0.3) is 0 Å². The van der Waals surface area contributed by atoms with E-state index in [1.807, 2.05) is 0 Å². The Morgan fingerprint density at radius 3 is 2.67 bits per heavy atom. The van der Waals surface area contributed by atoms with Gasteiger partial charge in [0, 0.05) is 28.1 Å². The number of benzene rings is 2. The van der Waals surface area contributed by atoms with E-state index in [0.717, 1.165) is 11.0 Å². The Labute approximate surface area is 115 Å². The topological polar surface area (TPSA) is 4.93 Å². The Kier molecular flexibility index (Phi) is 2.96. The molecule has 0 amide bonds. The van der Waals surface area contributed by atoms with Gasteiger partial charge in [-0.15, -0.1) is 0 Å². The van der Waals surface area contributed by atoms with E-state index in [-0.39, 0.29) is 0 Å². The van der Waals surface area contributed by atoms with Crippen molar-refractivity contribution in [1.82, 2.24) is 4.57 Å². The van der Waals surface area contributed by atoms with Crippen molar-refractivity contribution in [3.63, 3.8) is 0 Å². The first-order valence-corrected chi connectivity index (χ1v) is 6.83. The maximum absolute atomic E-state index is 3.60. The number of halogens is 1. The van der Waals surface area contributed by atoms with Crippen molar-refractivity contribution >= 4 is 26.8 Å². The van der Waals surface area contributed by atoms with E-state index in [9.17, 15) is 0 Å². The van der Waals surface area contributed by atoms with Crippen LogP contribution in [-0.2, 0) is 6.54 Å². The van der Waals surface area contributed by atoms with E-state index >= 15 is 0 Å². The normalized spacial score (nSPS) is 11.0. The number of rotatable bonds is 2. The zero-order chi connectivity index (χ0) is 12.5. The molecule has 1 heterocycles. The highest BCUT2D eigenvalue weighted by Crippen LogP contribution is 2.25. The molecule has 0 aliphatic rings. The fourth-order valence-electron chi connectivity index (χ4n) is 2.29. The molecular weight excluding hydrogens is 286 g/mol. The second-order valence-corrected chi connectivity index (χ2v) is 5.40. The molecule has 90 valence electrons. The maximum atomic E-state index is 3.60. The molecule has 0 N–H and O–H groups in total. The van der Waals surface area contributed by atoms with Gasteiger partial charge in [-0.1, -0.05) is 46.3 Å².